The summed E-state index contributed by atoms with van der Waals surface area (Å²) in [5.41, 5.74) is 3.78. The maximum atomic E-state index is 2.54. The topological polar surface area (TPSA) is 16.6 Å². The summed E-state index contributed by atoms with van der Waals surface area (Å²) in [7, 11) is 0. The van der Waals surface area contributed by atoms with Crippen molar-refractivity contribution in [3.8, 4) is 0 Å². The van der Waals surface area contributed by atoms with Gasteiger partial charge in [0.1, 0.15) is 6.04 Å². The van der Waals surface area contributed by atoms with E-state index >= 15 is 0 Å². The van der Waals surface area contributed by atoms with Crippen LogP contribution >= 0.6 is 0 Å². The monoisotopic (exact) mass is 202 g/mol. The lowest BCUT2D eigenvalue weighted by Gasteiger charge is -2.36. The van der Waals surface area contributed by atoms with E-state index in [1.807, 2.05) is 0 Å². The average Bonchev–Trinajstić information content (AvgIpc) is 2.74. The van der Waals surface area contributed by atoms with Gasteiger partial charge in [-0.05, 0) is 25.3 Å². The van der Waals surface area contributed by atoms with Crippen LogP contribution in [0.15, 0.2) is 24.3 Å². The molecule has 1 heterocycles. The van der Waals surface area contributed by atoms with Crippen molar-refractivity contribution in [3.63, 3.8) is 0 Å². The van der Waals surface area contributed by atoms with Crippen LogP contribution in [0.4, 0.5) is 0 Å². The van der Waals surface area contributed by atoms with E-state index in [0.29, 0.717) is 11.5 Å². The lowest BCUT2D eigenvalue weighted by molar-refractivity contribution is -0.703. The molecule has 1 heteroatoms. The Bertz CT molecular complexity index is 363. The van der Waals surface area contributed by atoms with Crippen LogP contribution in [0.5, 0.6) is 0 Å². The second kappa shape index (κ2) is 3.34. The Hall–Kier alpha value is -0.820. The molecular formula is C14H20N+. The number of hydrogen-bond donors (Lipinski definition) is 1. The van der Waals surface area contributed by atoms with Crippen molar-refractivity contribution < 1.29 is 5.32 Å². The second-order valence-corrected chi connectivity index (χ2v) is 5.30. The van der Waals surface area contributed by atoms with E-state index < -0.39 is 0 Å². The standard InChI is InChI=1S/C14H19N/c1-11-12-6-2-3-7-13(12)14(10-15-11)8-4-5-9-14/h2-3,6-7,11,15H,4-5,8-10H2,1H3/p+1/t11-/m0/s1. The van der Waals surface area contributed by atoms with E-state index in [9.17, 15) is 0 Å². The summed E-state index contributed by atoms with van der Waals surface area (Å²) in [4.78, 5) is 0. The van der Waals surface area contributed by atoms with Crippen molar-refractivity contribution >= 4 is 0 Å². The predicted molar refractivity (Wildman–Crippen MR) is 61.8 cm³/mol. The van der Waals surface area contributed by atoms with E-state index in [1.165, 1.54) is 32.2 Å². The molecule has 0 bridgehead atoms. The number of nitrogens with two attached hydrogens (primary N) is 1. The predicted octanol–water partition coefficient (Wildman–Crippen LogP) is 2.14. The van der Waals surface area contributed by atoms with Crippen molar-refractivity contribution in [2.75, 3.05) is 6.54 Å². The first-order valence-corrected chi connectivity index (χ1v) is 6.25. The fourth-order valence-corrected chi connectivity index (χ4v) is 3.54. The molecule has 0 unspecified atom stereocenters. The molecule has 1 fully saturated rings. The molecule has 0 aromatic heterocycles. The molecule has 2 aliphatic rings. The highest BCUT2D eigenvalue weighted by Gasteiger charge is 2.42. The van der Waals surface area contributed by atoms with Gasteiger partial charge in [-0.15, -0.1) is 0 Å². The minimum atomic E-state index is 0.531. The zero-order chi connectivity index (χ0) is 10.3. The van der Waals surface area contributed by atoms with E-state index in [2.05, 4.69) is 36.5 Å². The minimum Gasteiger partial charge on any atom is -0.340 e. The third-order valence-corrected chi connectivity index (χ3v) is 4.45. The van der Waals surface area contributed by atoms with Crippen molar-refractivity contribution in [1.82, 2.24) is 0 Å². The smallest absolute Gasteiger partial charge is 0.109 e. The molecule has 0 radical (unpaired) electrons. The maximum absolute atomic E-state index is 2.54. The molecule has 1 spiro atoms. The Labute approximate surface area is 91.9 Å². The van der Waals surface area contributed by atoms with Gasteiger partial charge in [0.25, 0.3) is 0 Å². The number of hydrogen-bond acceptors (Lipinski definition) is 0. The van der Waals surface area contributed by atoms with Crippen LogP contribution in [0.3, 0.4) is 0 Å². The highest BCUT2D eigenvalue weighted by atomic mass is 14.9. The van der Waals surface area contributed by atoms with Crippen molar-refractivity contribution in [3.05, 3.63) is 35.4 Å². The van der Waals surface area contributed by atoms with Crippen LogP contribution in [-0.4, -0.2) is 6.54 Å². The van der Waals surface area contributed by atoms with Gasteiger partial charge in [0.05, 0.1) is 6.54 Å². The molecule has 0 amide bonds. The largest absolute Gasteiger partial charge is 0.340 e. The highest BCUT2D eigenvalue weighted by Crippen LogP contribution is 2.43. The molecule has 15 heavy (non-hydrogen) atoms. The number of quaternary nitrogens is 1. The zero-order valence-corrected chi connectivity index (χ0v) is 9.50. The van der Waals surface area contributed by atoms with Gasteiger partial charge in [-0.1, -0.05) is 37.1 Å². The Morgan fingerprint density at radius 1 is 1.20 bits per heavy atom. The van der Waals surface area contributed by atoms with Crippen LogP contribution in [0.1, 0.15) is 49.8 Å². The Morgan fingerprint density at radius 3 is 2.73 bits per heavy atom. The molecule has 1 aliphatic heterocycles. The summed E-state index contributed by atoms with van der Waals surface area (Å²) in [5, 5.41) is 2.54. The van der Waals surface area contributed by atoms with Crippen molar-refractivity contribution in [1.29, 1.82) is 0 Å². The molecule has 80 valence electrons. The van der Waals surface area contributed by atoms with Crippen LogP contribution in [0.25, 0.3) is 0 Å². The number of rotatable bonds is 0. The van der Waals surface area contributed by atoms with E-state index in [4.69, 9.17) is 0 Å². The summed E-state index contributed by atoms with van der Waals surface area (Å²) in [6.45, 7) is 3.64. The molecule has 1 nitrogen and oxygen atoms in total. The van der Waals surface area contributed by atoms with E-state index in [1.54, 1.807) is 11.1 Å². The SMILES string of the molecule is C[C@@H]1[NH2+]CC2(CCCC2)c2ccccc21. The van der Waals surface area contributed by atoms with Gasteiger partial charge in [0.15, 0.2) is 0 Å². The second-order valence-electron chi connectivity index (χ2n) is 5.30. The lowest BCUT2D eigenvalue weighted by Crippen LogP contribution is -2.89. The van der Waals surface area contributed by atoms with Gasteiger partial charge < -0.3 is 5.32 Å². The first-order chi connectivity index (χ1) is 7.32. The highest BCUT2D eigenvalue weighted by molar-refractivity contribution is 5.37. The lowest BCUT2D eigenvalue weighted by atomic mass is 9.73. The Morgan fingerprint density at radius 2 is 1.93 bits per heavy atom. The molecule has 1 aliphatic carbocycles. The molecule has 1 aromatic carbocycles. The Balaban J connectivity index is 2.11. The molecule has 1 aromatic rings. The van der Waals surface area contributed by atoms with Crippen molar-refractivity contribution in [2.24, 2.45) is 0 Å². The zero-order valence-electron chi connectivity index (χ0n) is 9.50. The van der Waals surface area contributed by atoms with Crippen LogP contribution < -0.4 is 5.32 Å². The summed E-state index contributed by atoms with van der Waals surface area (Å²) in [6.07, 6.45) is 5.67. The summed E-state index contributed by atoms with van der Waals surface area (Å²) in [6, 6.07) is 9.78. The molecule has 1 atom stereocenters. The third kappa shape index (κ3) is 1.33. The van der Waals surface area contributed by atoms with Gasteiger partial charge in [-0.3, -0.25) is 0 Å². The molecule has 3 rings (SSSR count). The molecule has 2 N–H and O–H groups in total. The summed E-state index contributed by atoms with van der Waals surface area (Å²) >= 11 is 0. The minimum absolute atomic E-state index is 0.531. The van der Waals surface area contributed by atoms with E-state index in [0.717, 1.165) is 0 Å². The van der Waals surface area contributed by atoms with Gasteiger partial charge in [-0.2, -0.15) is 0 Å². The summed E-state index contributed by atoms with van der Waals surface area (Å²) < 4.78 is 0. The average molecular weight is 202 g/mol. The molecule has 0 saturated heterocycles. The van der Waals surface area contributed by atoms with Gasteiger partial charge >= 0.3 is 0 Å². The van der Waals surface area contributed by atoms with Crippen LogP contribution in [0.2, 0.25) is 0 Å². The quantitative estimate of drug-likeness (QED) is 0.664. The fourth-order valence-electron chi connectivity index (χ4n) is 3.54. The Kier molecular flexibility index (Phi) is 2.10. The van der Waals surface area contributed by atoms with Gasteiger partial charge in [0, 0.05) is 11.0 Å². The normalized spacial score (nSPS) is 27.9. The molecular weight excluding hydrogens is 182 g/mol. The van der Waals surface area contributed by atoms with Gasteiger partial charge in [0.2, 0.25) is 0 Å². The summed E-state index contributed by atoms with van der Waals surface area (Å²) in [5.74, 6) is 0. The van der Waals surface area contributed by atoms with Gasteiger partial charge in [-0.25, -0.2) is 0 Å². The van der Waals surface area contributed by atoms with Crippen molar-refractivity contribution in [2.45, 2.75) is 44.1 Å². The van der Waals surface area contributed by atoms with E-state index in [-0.39, 0.29) is 0 Å². The number of benzene rings is 1. The maximum Gasteiger partial charge on any atom is 0.109 e. The first-order valence-electron chi connectivity index (χ1n) is 6.25. The first kappa shape index (κ1) is 9.41. The van der Waals surface area contributed by atoms with Crippen LogP contribution in [-0.2, 0) is 5.41 Å². The fraction of sp³-hybridized carbons (Fsp3) is 0.571. The third-order valence-electron chi connectivity index (χ3n) is 4.45. The van der Waals surface area contributed by atoms with Crippen LogP contribution in [0, 0.1) is 0 Å². The number of fused-ring (bicyclic) bond motifs is 2. The molecule has 1 saturated carbocycles.